The minimum absolute atomic E-state index is 0.0595. The third-order valence-corrected chi connectivity index (χ3v) is 4.00. The van der Waals surface area contributed by atoms with E-state index in [1.165, 1.54) is 13.0 Å². The van der Waals surface area contributed by atoms with E-state index in [1.807, 2.05) is 0 Å². The number of hydrogen-bond donors (Lipinski definition) is 1. The Labute approximate surface area is 117 Å². The maximum atomic E-state index is 13.2. The summed E-state index contributed by atoms with van der Waals surface area (Å²) in [7, 11) is 0. The molecule has 4 atom stereocenters. The van der Waals surface area contributed by atoms with Crippen molar-refractivity contribution >= 4 is 5.97 Å². The first kappa shape index (κ1) is 15.7. The number of aliphatic carboxylic acids is 1. The molecule has 0 saturated carbocycles. The summed E-state index contributed by atoms with van der Waals surface area (Å²) in [5.74, 6) is -4.46. The molecule has 8 heteroatoms. The average Bonchev–Trinajstić information content (AvgIpc) is 2.65. The van der Waals surface area contributed by atoms with Crippen LogP contribution in [-0.2, 0) is 9.53 Å². The lowest BCUT2D eigenvalue weighted by Crippen LogP contribution is -2.47. The van der Waals surface area contributed by atoms with Gasteiger partial charge in [0.2, 0.25) is 0 Å². The lowest BCUT2D eigenvalue weighted by atomic mass is 9.79. The van der Waals surface area contributed by atoms with Crippen molar-refractivity contribution in [1.82, 2.24) is 4.98 Å². The lowest BCUT2D eigenvalue weighted by Gasteiger charge is -2.31. The first-order valence-electron chi connectivity index (χ1n) is 6.16. The number of aromatic nitrogens is 1. The molecular weight excluding hydrogens is 294 g/mol. The summed E-state index contributed by atoms with van der Waals surface area (Å²) in [6, 6.07) is 2.20. The van der Waals surface area contributed by atoms with E-state index >= 15 is 0 Å². The van der Waals surface area contributed by atoms with Crippen molar-refractivity contribution in [2.45, 2.75) is 37.6 Å². The molecule has 1 fully saturated rings. The Hall–Kier alpha value is -1.70. The van der Waals surface area contributed by atoms with Crippen molar-refractivity contribution in [3.63, 3.8) is 0 Å². The van der Waals surface area contributed by atoms with E-state index in [2.05, 4.69) is 4.98 Å². The summed E-state index contributed by atoms with van der Waals surface area (Å²) >= 11 is 0. The molecule has 0 unspecified atom stereocenters. The number of carboxylic acids is 1. The zero-order chi connectivity index (χ0) is 16.0. The van der Waals surface area contributed by atoms with Crippen molar-refractivity contribution in [1.29, 1.82) is 0 Å². The van der Waals surface area contributed by atoms with E-state index in [0.717, 1.165) is 19.2 Å². The second-order valence-corrected chi connectivity index (χ2v) is 5.20. The highest BCUT2D eigenvalue weighted by Gasteiger charge is 2.65. The van der Waals surface area contributed by atoms with Crippen LogP contribution >= 0.6 is 0 Å². The van der Waals surface area contributed by atoms with Crippen LogP contribution in [0, 0.1) is 11.7 Å². The minimum atomic E-state index is -4.73. The highest BCUT2D eigenvalue weighted by Crippen LogP contribution is 2.52. The van der Waals surface area contributed by atoms with Crippen molar-refractivity contribution in [2.75, 3.05) is 0 Å². The number of rotatable bonds is 2. The van der Waals surface area contributed by atoms with Crippen LogP contribution in [-0.4, -0.2) is 33.9 Å². The largest absolute Gasteiger partial charge is 0.479 e. The standard InChI is InChI=1S/C13H13F4NO3/c1-6-9(8-4-3-7(14)5-18-8)10(11(19)20)21-12(6,2)13(15,16)17/h3-6,9-10H,1-2H3,(H,19,20)/t6-,9+,10-,12+/m0/s1. The second kappa shape index (κ2) is 4.94. The van der Waals surface area contributed by atoms with Gasteiger partial charge in [0.15, 0.2) is 11.7 Å². The van der Waals surface area contributed by atoms with E-state index in [9.17, 15) is 22.4 Å². The molecule has 0 spiro atoms. The first-order chi connectivity index (χ1) is 9.58. The fourth-order valence-electron chi connectivity index (χ4n) is 2.57. The number of hydrogen-bond acceptors (Lipinski definition) is 3. The Bertz CT molecular complexity index is 545. The maximum absolute atomic E-state index is 13.2. The van der Waals surface area contributed by atoms with Gasteiger partial charge < -0.3 is 9.84 Å². The summed E-state index contributed by atoms with van der Waals surface area (Å²) in [4.78, 5) is 14.9. The predicted octanol–water partition coefficient (Wildman–Crippen LogP) is 2.74. The molecule has 4 nitrogen and oxygen atoms in total. The lowest BCUT2D eigenvalue weighted by molar-refractivity contribution is -0.273. The van der Waals surface area contributed by atoms with Crippen LogP contribution in [0.1, 0.15) is 25.5 Å². The van der Waals surface area contributed by atoms with Gasteiger partial charge in [-0.1, -0.05) is 6.92 Å². The van der Waals surface area contributed by atoms with Gasteiger partial charge in [-0.05, 0) is 19.1 Å². The Morgan fingerprint density at radius 3 is 2.48 bits per heavy atom. The summed E-state index contributed by atoms with van der Waals surface area (Å²) in [5.41, 5.74) is -2.54. The maximum Gasteiger partial charge on any atom is 0.417 e. The van der Waals surface area contributed by atoms with E-state index in [1.54, 1.807) is 0 Å². The molecule has 1 saturated heterocycles. The molecule has 1 aromatic rings. The third kappa shape index (κ3) is 2.48. The minimum Gasteiger partial charge on any atom is -0.479 e. The molecule has 0 amide bonds. The van der Waals surface area contributed by atoms with Crippen LogP contribution in [0.5, 0.6) is 0 Å². The second-order valence-electron chi connectivity index (χ2n) is 5.20. The zero-order valence-corrected chi connectivity index (χ0v) is 11.2. The van der Waals surface area contributed by atoms with Gasteiger partial charge in [-0.25, -0.2) is 9.18 Å². The molecule has 21 heavy (non-hydrogen) atoms. The third-order valence-electron chi connectivity index (χ3n) is 4.00. The molecule has 1 aliphatic heterocycles. The summed E-state index contributed by atoms with van der Waals surface area (Å²) < 4.78 is 57.3. The Morgan fingerprint density at radius 2 is 2.05 bits per heavy atom. The van der Waals surface area contributed by atoms with Gasteiger partial charge in [-0.3, -0.25) is 4.98 Å². The zero-order valence-electron chi connectivity index (χ0n) is 11.2. The van der Waals surface area contributed by atoms with Crippen molar-refractivity contribution in [2.24, 2.45) is 5.92 Å². The van der Waals surface area contributed by atoms with E-state index in [-0.39, 0.29) is 5.69 Å². The molecule has 116 valence electrons. The molecule has 1 aliphatic rings. The molecule has 0 radical (unpaired) electrons. The highest BCUT2D eigenvalue weighted by molar-refractivity contribution is 5.74. The Morgan fingerprint density at radius 1 is 1.43 bits per heavy atom. The van der Waals surface area contributed by atoms with Gasteiger partial charge in [0.05, 0.1) is 6.20 Å². The number of alkyl halides is 3. The van der Waals surface area contributed by atoms with E-state index < -0.39 is 41.5 Å². The number of ether oxygens (including phenoxy) is 1. The van der Waals surface area contributed by atoms with Crippen molar-refractivity contribution in [3.8, 4) is 0 Å². The molecule has 2 heterocycles. The van der Waals surface area contributed by atoms with Gasteiger partial charge >= 0.3 is 12.1 Å². The molecule has 0 bridgehead atoms. The predicted molar refractivity (Wildman–Crippen MR) is 63.1 cm³/mol. The van der Waals surface area contributed by atoms with Crippen LogP contribution in [0.2, 0.25) is 0 Å². The molecule has 2 rings (SSSR count). The van der Waals surface area contributed by atoms with Crippen LogP contribution in [0.3, 0.4) is 0 Å². The van der Waals surface area contributed by atoms with Gasteiger partial charge in [0, 0.05) is 17.5 Å². The molecule has 1 aromatic heterocycles. The smallest absolute Gasteiger partial charge is 0.417 e. The Kier molecular flexibility index (Phi) is 3.69. The van der Waals surface area contributed by atoms with Crippen molar-refractivity contribution in [3.05, 3.63) is 29.8 Å². The Balaban J connectivity index is 2.47. The fourth-order valence-corrected chi connectivity index (χ4v) is 2.57. The summed E-state index contributed by atoms with van der Waals surface area (Å²) in [6.07, 6.45) is -5.58. The number of nitrogens with zero attached hydrogens (tertiary/aromatic N) is 1. The van der Waals surface area contributed by atoms with Crippen LogP contribution < -0.4 is 0 Å². The van der Waals surface area contributed by atoms with E-state index in [4.69, 9.17) is 9.84 Å². The molecule has 1 N–H and O–H groups in total. The SMILES string of the molecule is C[C@H]1[C@H](c2ccc(F)cn2)[C@@H](C(=O)O)O[C@@]1(C)C(F)(F)F. The number of pyridine rings is 1. The van der Waals surface area contributed by atoms with Crippen molar-refractivity contribution < 1.29 is 32.2 Å². The monoisotopic (exact) mass is 307 g/mol. The van der Waals surface area contributed by atoms with E-state index in [0.29, 0.717) is 0 Å². The average molecular weight is 307 g/mol. The first-order valence-corrected chi connectivity index (χ1v) is 6.16. The van der Waals surface area contributed by atoms with Crippen LogP contribution in [0.25, 0.3) is 0 Å². The van der Waals surface area contributed by atoms with Gasteiger partial charge in [-0.2, -0.15) is 13.2 Å². The summed E-state index contributed by atoms with van der Waals surface area (Å²) in [6.45, 7) is 2.07. The quantitative estimate of drug-likeness (QED) is 0.854. The molecular formula is C13H13F4NO3. The molecule has 0 aromatic carbocycles. The van der Waals surface area contributed by atoms with Gasteiger partial charge in [0.25, 0.3) is 0 Å². The molecule has 0 aliphatic carbocycles. The number of halogens is 4. The van der Waals surface area contributed by atoms with Crippen LogP contribution in [0.4, 0.5) is 17.6 Å². The number of carboxylic acid groups (broad SMARTS) is 1. The normalized spacial score (nSPS) is 33.1. The number of carbonyl (C=O) groups is 1. The van der Waals surface area contributed by atoms with Gasteiger partial charge in [-0.15, -0.1) is 0 Å². The fraction of sp³-hybridized carbons (Fsp3) is 0.538. The highest BCUT2D eigenvalue weighted by atomic mass is 19.4. The van der Waals surface area contributed by atoms with Gasteiger partial charge in [0.1, 0.15) is 5.82 Å². The topological polar surface area (TPSA) is 59.4 Å². The van der Waals surface area contributed by atoms with Crippen LogP contribution in [0.15, 0.2) is 18.3 Å². The summed E-state index contributed by atoms with van der Waals surface area (Å²) in [5, 5.41) is 9.12.